The predicted octanol–water partition coefficient (Wildman–Crippen LogP) is 1.77. The van der Waals surface area contributed by atoms with Crippen LogP contribution >= 0.6 is 0 Å². The first-order valence-electron chi connectivity index (χ1n) is 5.16. The zero-order chi connectivity index (χ0) is 11.0. The maximum absolute atomic E-state index is 5.92. The van der Waals surface area contributed by atoms with E-state index in [1.165, 1.54) is 0 Å². The van der Waals surface area contributed by atoms with Gasteiger partial charge in [-0.05, 0) is 11.6 Å². The van der Waals surface area contributed by atoms with E-state index in [0.717, 1.165) is 23.4 Å². The molecule has 0 aliphatic carbocycles. The molecule has 80 valence electrons. The molecule has 0 saturated heterocycles. The molecule has 0 radical (unpaired) electrons. The number of nitrogen functional groups attached to an aromatic ring is 1. The summed E-state index contributed by atoms with van der Waals surface area (Å²) in [5.41, 5.74) is 8.81. The Balaban J connectivity index is 2.02. The molecule has 1 aromatic carbocycles. The molecule has 0 unspecified atom stereocenters. The van der Waals surface area contributed by atoms with Crippen molar-refractivity contribution < 1.29 is 0 Å². The van der Waals surface area contributed by atoms with E-state index in [2.05, 4.69) is 9.67 Å². The van der Waals surface area contributed by atoms with Crippen molar-refractivity contribution in [2.75, 3.05) is 5.73 Å². The minimum atomic E-state index is 0.756. The van der Waals surface area contributed by atoms with Crippen LogP contribution < -0.4 is 5.73 Å². The first-order chi connectivity index (χ1) is 7.84. The van der Waals surface area contributed by atoms with Crippen molar-refractivity contribution in [2.45, 2.75) is 6.54 Å². The maximum atomic E-state index is 5.92. The average Bonchev–Trinajstić information content (AvgIpc) is 2.86. The molecular formula is C12H12N4. The van der Waals surface area contributed by atoms with Gasteiger partial charge < -0.3 is 5.73 Å². The Morgan fingerprint density at radius 3 is 2.88 bits per heavy atom. The van der Waals surface area contributed by atoms with Crippen LogP contribution in [0.25, 0.3) is 5.65 Å². The zero-order valence-corrected chi connectivity index (χ0v) is 8.74. The van der Waals surface area contributed by atoms with Crippen molar-refractivity contribution in [3.63, 3.8) is 0 Å². The molecule has 0 atom stereocenters. The van der Waals surface area contributed by atoms with Gasteiger partial charge in [0.05, 0.1) is 6.54 Å². The van der Waals surface area contributed by atoms with Crippen molar-refractivity contribution in [3.05, 3.63) is 54.5 Å². The fourth-order valence-electron chi connectivity index (χ4n) is 1.85. The normalized spacial score (nSPS) is 11.0. The summed E-state index contributed by atoms with van der Waals surface area (Å²) in [6.45, 7) is 0.756. The topological polar surface area (TPSA) is 48.2 Å². The van der Waals surface area contributed by atoms with Gasteiger partial charge in [-0.2, -0.15) is 0 Å². The minimum Gasteiger partial charge on any atom is -0.398 e. The monoisotopic (exact) mass is 212 g/mol. The number of nitrogens with zero attached hydrogens (tertiary/aromatic N) is 3. The van der Waals surface area contributed by atoms with Crippen molar-refractivity contribution in [1.29, 1.82) is 0 Å². The van der Waals surface area contributed by atoms with Gasteiger partial charge in [0.25, 0.3) is 0 Å². The molecule has 0 spiro atoms. The number of hydrogen-bond donors (Lipinski definition) is 1. The van der Waals surface area contributed by atoms with Crippen LogP contribution in [0.4, 0.5) is 5.69 Å². The van der Waals surface area contributed by atoms with Crippen LogP contribution in [-0.4, -0.2) is 14.2 Å². The summed E-state index contributed by atoms with van der Waals surface area (Å²) in [5, 5.41) is 0. The smallest absolute Gasteiger partial charge is 0.152 e. The Morgan fingerprint density at radius 2 is 2.00 bits per heavy atom. The number of aromatic nitrogens is 3. The lowest BCUT2D eigenvalue weighted by molar-refractivity contribution is 0.642. The van der Waals surface area contributed by atoms with Gasteiger partial charge in [0, 0.05) is 30.3 Å². The number of benzene rings is 1. The third-order valence-electron chi connectivity index (χ3n) is 2.71. The number of fused-ring (bicyclic) bond motifs is 1. The molecule has 2 heterocycles. The second-order valence-corrected chi connectivity index (χ2v) is 3.74. The highest BCUT2D eigenvalue weighted by atomic mass is 15.4. The van der Waals surface area contributed by atoms with E-state index in [4.69, 9.17) is 5.73 Å². The first kappa shape index (κ1) is 9.03. The van der Waals surface area contributed by atoms with Crippen molar-refractivity contribution >= 4 is 11.3 Å². The average molecular weight is 212 g/mol. The van der Waals surface area contributed by atoms with Crippen LogP contribution in [0.15, 0.2) is 48.9 Å². The number of nitrogens with two attached hydrogens (primary N) is 1. The Morgan fingerprint density at radius 1 is 1.12 bits per heavy atom. The van der Waals surface area contributed by atoms with E-state index >= 15 is 0 Å². The number of rotatable bonds is 2. The molecule has 3 aromatic rings. The summed E-state index contributed by atoms with van der Waals surface area (Å²) in [6.07, 6.45) is 5.74. The van der Waals surface area contributed by atoms with Gasteiger partial charge in [-0.25, -0.2) is 9.50 Å². The van der Waals surface area contributed by atoms with Gasteiger partial charge in [-0.15, -0.1) is 0 Å². The summed E-state index contributed by atoms with van der Waals surface area (Å²) < 4.78 is 4.08. The first-order valence-corrected chi connectivity index (χ1v) is 5.16. The summed E-state index contributed by atoms with van der Waals surface area (Å²) in [5.74, 6) is 0. The molecule has 0 fully saturated rings. The third-order valence-corrected chi connectivity index (χ3v) is 2.71. The molecule has 0 saturated carbocycles. The van der Waals surface area contributed by atoms with Gasteiger partial charge in [-0.1, -0.05) is 18.2 Å². The van der Waals surface area contributed by atoms with Crippen LogP contribution in [-0.2, 0) is 6.54 Å². The van der Waals surface area contributed by atoms with Crippen molar-refractivity contribution in [3.8, 4) is 0 Å². The molecule has 0 bridgehead atoms. The highest BCUT2D eigenvalue weighted by Crippen LogP contribution is 2.13. The summed E-state index contributed by atoms with van der Waals surface area (Å²) in [7, 11) is 0. The minimum absolute atomic E-state index is 0.756. The quantitative estimate of drug-likeness (QED) is 0.658. The van der Waals surface area contributed by atoms with Crippen LogP contribution in [0.5, 0.6) is 0 Å². The number of anilines is 1. The van der Waals surface area contributed by atoms with Crippen molar-refractivity contribution in [1.82, 2.24) is 14.2 Å². The number of imidazole rings is 1. The van der Waals surface area contributed by atoms with Gasteiger partial charge in [0.2, 0.25) is 0 Å². The van der Waals surface area contributed by atoms with Gasteiger partial charge in [-0.3, -0.25) is 4.68 Å². The van der Waals surface area contributed by atoms with E-state index in [-0.39, 0.29) is 0 Å². The Labute approximate surface area is 92.9 Å². The second kappa shape index (κ2) is 3.41. The molecule has 2 aromatic heterocycles. The second-order valence-electron chi connectivity index (χ2n) is 3.74. The molecular weight excluding hydrogens is 200 g/mol. The molecule has 3 rings (SSSR count). The summed E-state index contributed by atoms with van der Waals surface area (Å²) >= 11 is 0. The highest BCUT2D eigenvalue weighted by Gasteiger charge is 2.02. The number of para-hydroxylation sites is 1. The van der Waals surface area contributed by atoms with Gasteiger partial charge in [0.1, 0.15) is 0 Å². The lowest BCUT2D eigenvalue weighted by Gasteiger charge is -2.07. The van der Waals surface area contributed by atoms with E-state index < -0.39 is 0 Å². The fourth-order valence-corrected chi connectivity index (χ4v) is 1.85. The standard InChI is InChI=1S/C12H12N4/c13-11-4-2-1-3-10(11)9-15-7-5-12-14-6-8-16(12)15/h1-8H,9,13H2. The molecule has 2 N–H and O–H groups in total. The maximum Gasteiger partial charge on any atom is 0.152 e. The third kappa shape index (κ3) is 1.35. The lowest BCUT2D eigenvalue weighted by Crippen LogP contribution is -2.06. The predicted molar refractivity (Wildman–Crippen MR) is 63.1 cm³/mol. The molecule has 16 heavy (non-hydrogen) atoms. The summed E-state index contributed by atoms with van der Waals surface area (Å²) in [4.78, 5) is 4.21. The fraction of sp³-hybridized carbons (Fsp3) is 0.0833. The van der Waals surface area contributed by atoms with E-state index in [1.807, 2.05) is 47.2 Å². The highest BCUT2D eigenvalue weighted by molar-refractivity contribution is 5.46. The Hall–Kier alpha value is -2.23. The summed E-state index contributed by atoms with van der Waals surface area (Å²) in [6, 6.07) is 9.89. The Bertz CT molecular complexity index is 621. The van der Waals surface area contributed by atoms with Gasteiger partial charge in [0.15, 0.2) is 5.65 Å². The van der Waals surface area contributed by atoms with E-state index in [1.54, 1.807) is 6.20 Å². The SMILES string of the molecule is Nc1ccccc1Cn1ccc2nccn21. The van der Waals surface area contributed by atoms with Crippen molar-refractivity contribution in [2.24, 2.45) is 0 Å². The number of hydrogen-bond acceptors (Lipinski definition) is 2. The lowest BCUT2D eigenvalue weighted by atomic mass is 10.2. The van der Waals surface area contributed by atoms with Crippen LogP contribution in [0.3, 0.4) is 0 Å². The molecule has 4 nitrogen and oxygen atoms in total. The molecule has 0 amide bonds. The van der Waals surface area contributed by atoms with Crippen LogP contribution in [0.2, 0.25) is 0 Å². The van der Waals surface area contributed by atoms with E-state index in [0.29, 0.717) is 0 Å². The molecule has 4 heteroatoms. The van der Waals surface area contributed by atoms with E-state index in [9.17, 15) is 0 Å². The van der Waals surface area contributed by atoms with Crippen LogP contribution in [0.1, 0.15) is 5.56 Å². The Kier molecular flexibility index (Phi) is 1.93. The van der Waals surface area contributed by atoms with Gasteiger partial charge >= 0.3 is 0 Å². The zero-order valence-electron chi connectivity index (χ0n) is 8.74. The van der Waals surface area contributed by atoms with Crippen LogP contribution in [0, 0.1) is 0 Å². The molecule has 0 aliphatic rings. The molecule has 0 aliphatic heterocycles. The largest absolute Gasteiger partial charge is 0.398 e.